The molecule has 1 aliphatic rings. The normalized spacial score (nSPS) is 21.9. The van der Waals surface area contributed by atoms with Gasteiger partial charge in [-0.3, -0.25) is 9.59 Å². The molecule has 4 bridgehead atoms. The van der Waals surface area contributed by atoms with E-state index in [0.29, 0.717) is 5.56 Å². The topological polar surface area (TPSA) is 177 Å². The quantitative estimate of drug-likeness (QED) is 0.319. The average Bonchev–Trinajstić information content (AvgIpc) is 2.83. The van der Waals surface area contributed by atoms with Crippen LogP contribution in [-0.4, -0.2) is 65.9 Å². The van der Waals surface area contributed by atoms with Crippen LogP contribution in [-0.2, 0) is 32.0 Å². The number of phenolic OH excluding ortho intramolecular Hbond substituents is 1. The molecule has 34 heavy (non-hydrogen) atoms. The van der Waals surface area contributed by atoms with Crippen molar-refractivity contribution in [3.8, 4) is 16.9 Å². The molecule has 2 aromatic rings. The number of nitrogens with two attached hydrogens (primary N) is 2. The lowest BCUT2D eigenvalue weighted by molar-refractivity contribution is -0.145. The lowest BCUT2D eigenvalue weighted by Crippen LogP contribution is -2.56. The first-order valence-electron chi connectivity index (χ1n) is 10.9. The number of rotatable bonds is 4. The SMILES string of the molecule is COC(=O)[C@@H]1Cc2cccc(c2)-c2ccc(O)c(c2)C[C@H](N)C(=O)N[C@@H](C[C@@H](O)CN)C(=O)N1. The Morgan fingerprint density at radius 3 is 2.56 bits per heavy atom. The van der Waals surface area contributed by atoms with Crippen LogP contribution >= 0.6 is 0 Å². The molecular formula is C24H30N4O6. The van der Waals surface area contributed by atoms with Crippen molar-refractivity contribution in [2.24, 2.45) is 11.5 Å². The lowest BCUT2D eigenvalue weighted by Gasteiger charge is -2.25. The number of aromatic hydroxyl groups is 1. The fourth-order valence-corrected chi connectivity index (χ4v) is 3.86. The van der Waals surface area contributed by atoms with Gasteiger partial charge < -0.3 is 37.1 Å². The van der Waals surface area contributed by atoms with E-state index in [0.717, 1.165) is 16.7 Å². The van der Waals surface area contributed by atoms with Crippen LogP contribution in [0.3, 0.4) is 0 Å². The highest BCUT2D eigenvalue weighted by Gasteiger charge is 2.30. The van der Waals surface area contributed by atoms with Crippen LogP contribution < -0.4 is 22.1 Å². The number of aliphatic hydroxyl groups is 1. The summed E-state index contributed by atoms with van der Waals surface area (Å²) in [6.45, 7) is -0.125. The second-order valence-electron chi connectivity index (χ2n) is 8.33. The van der Waals surface area contributed by atoms with Crippen LogP contribution in [0.5, 0.6) is 5.75 Å². The number of carbonyl (C=O) groups excluding carboxylic acids is 3. The van der Waals surface area contributed by atoms with Gasteiger partial charge in [0.05, 0.1) is 19.3 Å². The molecule has 0 fully saturated rings. The van der Waals surface area contributed by atoms with Crippen molar-refractivity contribution in [1.82, 2.24) is 10.6 Å². The molecule has 0 radical (unpaired) electrons. The molecule has 1 heterocycles. The maximum absolute atomic E-state index is 13.0. The zero-order valence-electron chi connectivity index (χ0n) is 18.9. The number of amides is 2. The van der Waals surface area contributed by atoms with Crippen LogP contribution in [0.4, 0.5) is 0 Å². The van der Waals surface area contributed by atoms with E-state index >= 15 is 0 Å². The van der Waals surface area contributed by atoms with E-state index in [2.05, 4.69) is 10.6 Å². The highest BCUT2D eigenvalue weighted by molar-refractivity contribution is 5.92. The largest absolute Gasteiger partial charge is 0.508 e. The molecule has 0 aromatic heterocycles. The van der Waals surface area contributed by atoms with Crippen molar-refractivity contribution in [3.05, 3.63) is 53.6 Å². The van der Waals surface area contributed by atoms with Gasteiger partial charge >= 0.3 is 5.97 Å². The number of ether oxygens (including phenoxy) is 1. The summed E-state index contributed by atoms with van der Waals surface area (Å²) in [7, 11) is 1.22. The van der Waals surface area contributed by atoms with Gasteiger partial charge in [0.2, 0.25) is 11.8 Å². The van der Waals surface area contributed by atoms with Gasteiger partial charge in [0.15, 0.2) is 0 Å². The lowest BCUT2D eigenvalue weighted by atomic mass is 9.96. The number of phenols is 1. The first-order valence-corrected chi connectivity index (χ1v) is 10.9. The summed E-state index contributed by atoms with van der Waals surface area (Å²) in [6, 6.07) is 9.10. The third kappa shape index (κ3) is 6.10. The van der Waals surface area contributed by atoms with Gasteiger partial charge in [0.1, 0.15) is 17.8 Å². The number of carbonyl (C=O) groups is 3. The summed E-state index contributed by atoms with van der Waals surface area (Å²) in [5.41, 5.74) is 14.4. The number of fused-ring (bicyclic) bond motifs is 5. The second kappa shape index (κ2) is 11.1. The molecule has 0 aliphatic carbocycles. The molecule has 0 saturated carbocycles. The van der Waals surface area contributed by atoms with E-state index < -0.39 is 42.0 Å². The van der Waals surface area contributed by atoms with Crippen LogP contribution in [0.15, 0.2) is 42.5 Å². The monoisotopic (exact) mass is 470 g/mol. The summed E-state index contributed by atoms with van der Waals surface area (Å²) in [6.07, 6.45) is -1.09. The number of hydrogen-bond donors (Lipinski definition) is 6. The maximum Gasteiger partial charge on any atom is 0.328 e. The van der Waals surface area contributed by atoms with Crippen LogP contribution in [0.1, 0.15) is 17.5 Å². The molecule has 2 amide bonds. The second-order valence-corrected chi connectivity index (χ2v) is 8.33. The summed E-state index contributed by atoms with van der Waals surface area (Å²) in [5, 5.41) is 25.5. The number of esters is 1. The Balaban J connectivity index is 2.06. The fraction of sp³-hybridized carbons (Fsp3) is 0.375. The average molecular weight is 471 g/mol. The molecule has 0 spiro atoms. The highest BCUT2D eigenvalue weighted by atomic mass is 16.5. The van der Waals surface area contributed by atoms with E-state index in [4.69, 9.17) is 16.2 Å². The molecule has 8 N–H and O–H groups in total. The molecule has 0 saturated heterocycles. The molecule has 2 aromatic carbocycles. The van der Waals surface area contributed by atoms with Crippen molar-refractivity contribution in [2.75, 3.05) is 13.7 Å². The smallest absolute Gasteiger partial charge is 0.328 e. The third-order valence-corrected chi connectivity index (χ3v) is 5.77. The Labute approximate surface area is 197 Å². The van der Waals surface area contributed by atoms with Gasteiger partial charge in [-0.15, -0.1) is 0 Å². The van der Waals surface area contributed by atoms with E-state index in [1.165, 1.54) is 13.2 Å². The van der Waals surface area contributed by atoms with Gasteiger partial charge in [-0.1, -0.05) is 30.3 Å². The molecule has 4 atom stereocenters. The number of methoxy groups -OCH3 is 1. The summed E-state index contributed by atoms with van der Waals surface area (Å²) < 4.78 is 4.87. The molecular weight excluding hydrogens is 440 g/mol. The summed E-state index contributed by atoms with van der Waals surface area (Å²) >= 11 is 0. The Morgan fingerprint density at radius 2 is 1.85 bits per heavy atom. The predicted molar refractivity (Wildman–Crippen MR) is 124 cm³/mol. The van der Waals surface area contributed by atoms with E-state index in [1.807, 2.05) is 24.3 Å². The van der Waals surface area contributed by atoms with E-state index in [9.17, 15) is 24.6 Å². The maximum atomic E-state index is 13.0. The Hall–Kier alpha value is -3.47. The number of benzene rings is 2. The molecule has 10 nitrogen and oxygen atoms in total. The Morgan fingerprint density at radius 1 is 1.12 bits per heavy atom. The zero-order valence-corrected chi connectivity index (χ0v) is 18.9. The number of aliphatic hydroxyl groups excluding tert-OH is 1. The van der Waals surface area contributed by atoms with Gasteiger partial charge in [-0.2, -0.15) is 0 Å². The van der Waals surface area contributed by atoms with Crippen molar-refractivity contribution in [1.29, 1.82) is 0 Å². The predicted octanol–water partition coefficient (Wildman–Crippen LogP) is -0.663. The van der Waals surface area contributed by atoms with E-state index in [1.54, 1.807) is 12.1 Å². The summed E-state index contributed by atoms with van der Waals surface area (Å²) in [4.78, 5) is 38.3. The number of hydrogen-bond acceptors (Lipinski definition) is 8. The Bertz CT molecular complexity index is 1060. The number of nitrogens with one attached hydrogen (secondary N) is 2. The van der Waals surface area contributed by atoms with Gasteiger partial charge in [0, 0.05) is 25.8 Å². The minimum Gasteiger partial charge on any atom is -0.508 e. The molecule has 10 heteroatoms. The van der Waals surface area contributed by atoms with Crippen LogP contribution in [0.25, 0.3) is 11.1 Å². The van der Waals surface area contributed by atoms with Crippen molar-refractivity contribution >= 4 is 17.8 Å². The molecule has 0 unspecified atom stereocenters. The molecule has 182 valence electrons. The first-order chi connectivity index (χ1) is 16.2. The Kier molecular flexibility index (Phi) is 8.21. The van der Waals surface area contributed by atoms with Crippen molar-refractivity contribution < 1.29 is 29.3 Å². The van der Waals surface area contributed by atoms with Gasteiger partial charge in [-0.05, 0) is 34.4 Å². The minimum absolute atomic E-state index is 0.00827. The third-order valence-electron chi connectivity index (χ3n) is 5.77. The van der Waals surface area contributed by atoms with Crippen LogP contribution in [0, 0.1) is 0 Å². The molecule has 1 aliphatic heterocycles. The van der Waals surface area contributed by atoms with Crippen molar-refractivity contribution in [3.63, 3.8) is 0 Å². The minimum atomic E-state index is -1.19. The zero-order chi connectivity index (χ0) is 24.8. The highest BCUT2D eigenvalue weighted by Crippen LogP contribution is 2.28. The van der Waals surface area contributed by atoms with Crippen molar-refractivity contribution in [2.45, 2.75) is 43.5 Å². The first kappa shape index (κ1) is 25.2. The molecule has 3 rings (SSSR count). The van der Waals surface area contributed by atoms with Gasteiger partial charge in [0.25, 0.3) is 0 Å². The standard InChI is InChI=1S/C24H30N4O6/c1-34-24(33)20-8-13-3-2-4-14(7-13)15-5-6-21(30)16(9-15)10-18(26)22(31)27-19(23(32)28-20)11-17(29)12-25/h2-7,9,17-20,29-30H,8,10-12,25-26H2,1H3,(H,27,31)(H,28,32)/t17-,18+,19+,20+/m1/s1. The summed E-state index contributed by atoms with van der Waals surface area (Å²) in [5.74, 6) is -2.00. The van der Waals surface area contributed by atoms with Crippen LogP contribution in [0.2, 0.25) is 0 Å². The fourth-order valence-electron chi connectivity index (χ4n) is 3.86. The van der Waals surface area contributed by atoms with E-state index in [-0.39, 0.29) is 31.6 Å². The van der Waals surface area contributed by atoms with Gasteiger partial charge in [-0.25, -0.2) is 4.79 Å².